The van der Waals surface area contributed by atoms with E-state index in [1.165, 1.54) is 0 Å². The molecule has 3 aromatic carbocycles. The molecule has 0 bridgehead atoms. The van der Waals surface area contributed by atoms with E-state index in [0.29, 0.717) is 29.2 Å². The van der Waals surface area contributed by atoms with Crippen molar-refractivity contribution in [3.63, 3.8) is 0 Å². The van der Waals surface area contributed by atoms with Gasteiger partial charge in [-0.05, 0) is 29.3 Å². The SMILES string of the molecule is O=COCc1c(COC(=O)CON=C2c3ccccc3-c3ccccc32)cc2n(c1=O)Cc1cc3ccccc3nc1-2. The maximum absolute atomic E-state index is 13.5. The molecule has 0 radical (unpaired) electrons. The summed E-state index contributed by atoms with van der Waals surface area (Å²) >= 11 is 0. The molecule has 1 aliphatic heterocycles. The lowest BCUT2D eigenvalue weighted by atomic mass is 10.1. The van der Waals surface area contributed by atoms with Crippen LogP contribution in [0, 0.1) is 0 Å². The van der Waals surface area contributed by atoms with Crippen molar-refractivity contribution in [2.24, 2.45) is 5.16 Å². The van der Waals surface area contributed by atoms with E-state index >= 15 is 0 Å². The molecular weight excluding hydrogens is 534 g/mol. The number of rotatable bonds is 8. The number of esters is 1. The predicted octanol–water partition coefficient (Wildman–Crippen LogP) is 4.59. The Labute approximate surface area is 239 Å². The minimum Gasteiger partial charge on any atom is -0.463 e. The molecule has 7 rings (SSSR count). The van der Waals surface area contributed by atoms with Crippen LogP contribution in [-0.2, 0) is 43.7 Å². The molecule has 0 spiro atoms. The first-order chi connectivity index (χ1) is 20.6. The molecule has 206 valence electrons. The Morgan fingerprint density at radius 1 is 0.905 bits per heavy atom. The topological polar surface area (TPSA) is 109 Å². The summed E-state index contributed by atoms with van der Waals surface area (Å²) in [5.74, 6) is -0.661. The van der Waals surface area contributed by atoms with Crippen LogP contribution in [0.25, 0.3) is 33.4 Å². The molecule has 42 heavy (non-hydrogen) atoms. The molecule has 0 amide bonds. The predicted molar refractivity (Wildman–Crippen MR) is 155 cm³/mol. The normalized spacial score (nSPS) is 12.2. The lowest BCUT2D eigenvalue weighted by Gasteiger charge is -2.13. The van der Waals surface area contributed by atoms with Gasteiger partial charge in [-0.2, -0.15) is 0 Å². The summed E-state index contributed by atoms with van der Waals surface area (Å²) < 4.78 is 12.0. The van der Waals surface area contributed by atoms with Crippen LogP contribution in [0.15, 0.2) is 94.9 Å². The van der Waals surface area contributed by atoms with Crippen LogP contribution in [-0.4, -0.2) is 34.3 Å². The Hall–Kier alpha value is -5.57. The van der Waals surface area contributed by atoms with Crippen LogP contribution in [0.2, 0.25) is 0 Å². The van der Waals surface area contributed by atoms with Gasteiger partial charge in [0.1, 0.15) is 18.9 Å². The van der Waals surface area contributed by atoms with E-state index in [2.05, 4.69) is 5.16 Å². The Morgan fingerprint density at radius 2 is 1.60 bits per heavy atom. The zero-order valence-electron chi connectivity index (χ0n) is 22.3. The van der Waals surface area contributed by atoms with Crippen LogP contribution in [0.4, 0.5) is 0 Å². The first-order valence-corrected chi connectivity index (χ1v) is 13.4. The third-order valence-corrected chi connectivity index (χ3v) is 7.54. The van der Waals surface area contributed by atoms with Gasteiger partial charge in [-0.1, -0.05) is 71.9 Å². The number of carbonyl (C=O) groups is 2. The summed E-state index contributed by atoms with van der Waals surface area (Å²) in [5, 5.41) is 5.24. The van der Waals surface area contributed by atoms with Gasteiger partial charge in [0.05, 0.1) is 29.0 Å². The number of fused-ring (bicyclic) bond motifs is 7. The summed E-state index contributed by atoms with van der Waals surface area (Å²) in [4.78, 5) is 47.3. The van der Waals surface area contributed by atoms with Gasteiger partial charge in [0.2, 0.25) is 6.61 Å². The van der Waals surface area contributed by atoms with E-state index in [4.69, 9.17) is 19.3 Å². The Kier molecular flexibility index (Phi) is 6.31. The number of carbonyl (C=O) groups excluding carboxylic acids is 2. The highest BCUT2D eigenvalue weighted by Crippen LogP contribution is 2.37. The molecule has 0 saturated carbocycles. The van der Waals surface area contributed by atoms with Crippen molar-refractivity contribution in [3.8, 4) is 22.5 Å². The molecule has 0 N–H and O–H groups in total. The number of hydrogen-bond acceptors (Lipinski definition) is 8. The monoisotopic (exact) mass is 557 g/mol. The van der Waals surface area contributed by atoms with Gasteiger partial charge in [-0.25, -0.2) is 9.78 Å². The molecule has 0 unspecified atom stereocenters. The van der Waals surface area contributed by atoms with E-state index < -0.39 is 12.6 Å². The lowest BCUT2D eigenvalue weighted by Crippen LogP contribution is -2.26. The molecule has 5 aromatic rings. The molecule has 1 aliphatic carbocycles. The number of nitrogens with zero attached hydrogens (tertiary/aromatic N) is 3. The third kappa shape index (κ3) is 4.32. The summed E-state index contributed by atoms with van der Waals surface area (Å²) in [5.41, 5.74) is 7.95. The van der Waals surface area contributed by atoms with Gasteiger partial charge in [0, 0.05) is 27.6 Å². The van der Waals surface area contributed by atoms with Crippen LogP contribution >= 0.6 is 0 Å². The minimum atomic E-state index is -0.661. The Bertz CT molecular complexity index is 1950. The Balaban J connectivity index is 1.11. The van der Waals surface area contributed by atoms with Gasteiger partial charge < -0.3 is 18.9 Å². The molecule has 9 heteroatoms. The van der Waals surface area contributed by atoms with Crippen LogP contribution in [0.5, 0.6) is 0 Å². The first kappa shape index (κ1) is 25.4. The standard InChI is InChI=1S/C33H23N3O6/c37-19-40-17-27-22(14-29-31-21(15-36(29)33(27)39)13-20-7-1-6-12-28(20)34-31)16-41-30(38)18-42-35-32-25-10-4-2-8-23(25)24-9-3-5-11-26(24)32/h1-14,19H,15-18H2. The first-order valence-electron chi connectivity index (χ1n) is 13.4. The van der Waals surface area contributed by atoms with E-state index in [-0.39, 0.29) is 30.8 Å². The molecule has 0 saturated heterocycles. The summed E-state index contributed by atoms with van der Waals surface area (Å²) in [6.45, 7) is -0.259. The maximum atomic E-state index is 13.5. The summed E-state index contributed by atoms with van der Waals surface area (Å²) in [6, 6.07) is 27.3. The average Bonchev–Trinajstić information content (AvgIpc) is 3.54. The number of aromatic nitrogens is 2. The molecule has 2 aliphatic rings. The summed E-state index contributed by atoms with van der Waals surface area (Å²) in [7, 11) is 0. The smallest absolute Gasteiger partial charge is 0.347 e. The maximum Gasteiger partial charge on any atom is 0.347 e. The second-order valence-corrected chi connectivity index (χ2v) is 9.99. The number of benzene rings is 3. The zero-order valence-corrected chi connectivity index (χ0v) is 22.3. The second kappa shape index (κ2) is 10.4. The highest BCUT2D eigenvalue weighted by molar-refractivity contribution is 6.24. The van der Waals surface area contributed by atoms with Gasteiger partial charge in [-0.15, -0.1) is 0 Å². The molecular formula is C33H23N3O6. The van der Waals surface area contributed by atoms with Gasteiger partial charge in [-0.3, -0.25) is 9.59 Å². The van der Waals surface area contributed by atoms with Crippen molar-refractivity contribution < 1.29 is 23.9 Å². The highest BCUT2D eigenvalue weighted by Gasteiger charge is 2.27. The van der Waals surface area contributed by atoms with Crippen molar-refractivity contribution >= 4 is 29.1 Å². The molecule has 0 fully saturated rings. The third-order valence-electron chi connectivity index (χ3n) is 7.54. The van der Waals surface area contributed by atoms with Crippen molar-refractivity contribution in [3.05, 3.63) is 123 Å². The number of hydrogen-bond donors (Lipinski definition) is 0. The lowest BCUT2D eigenvalue weighted by molar-refractivity contribution is -0.150. The quantitative estimate of drug-likeness (QED) is 0.153. The van der Waals surface area contributed by atoms with Crippen molar-refractivity contribution in [2.45, 2.75) is 19.8 Å². The number of oxime groups is 1. The van der Waals surface area contributed by atoms with Crippen molar-refractivity contribution in [2.75, 3.05) is 6.61 Å². The Morgan fingerprint density at radius 3 is 2.33 bits per heavy atom. The fourth-order valence-corrected chi connectivity index (χ4v) is 5.61. The van der Waals surface area contributed by atoms with Crippen LogP contribution in [0.3, 0.4) is 0 Å². The molecule has 2 aromatic heterocycles. The van der Waals surface area contributed by atoms with Gasteiger partial charge in [0.15, 0.2) is 0 Å². The highest BCUT2D eigenvalue weighted by atomic mass is 16.7. The van der Waals surface area contributed by atoms with Crippen LogP contribution in [0.1, 0.15) is 27.8 Å². The van der Waals surface area contributed by atoms with E-state index in [1.54, 1.807) is 10.6 Å². The molecule has 0 atom stereocenters. The molecule has 9 nitrogen and oxygen atoms in total. The largest absolute Gasteiger partial charge is 0.463 e. The van der Waals surface area contributed by atoms with E-state index in [0.717, 1.165) is 38.7 Å². The van der Waals surface area contributed by atoms with E-state index in [1.807, 2.05) is 78.9 Å². The van der Waals surface area contributed by atoms with Gasteiger partial charge >= 0.3 is 5.97 Å². The fourth-order valence-electron chi connectivity index (χ4n) is 5.61. The van der Waals surface area contributed by atoms with Crippen molar-refractivity contribution in [1.82, 2.24) is 9.55 Å². The fraction of sp³-hybridized carbons (Fsp3) is 0.121. The number of ether oxygens (including phenoxy) is 2. The van der Waals surface area contributed by atoms with Gasteiger partial charge in [0.25, 0.3) is 12.0 Å². The zero-order chi connectivity index (χ0) is 28.6. The van der Waals surface area contributed by atoms with Crippen molar-refractivity contribution in [1.29, 1.82) is 0 Å². The number of pyridine rings is 2. The molecule has 3 heterocycles. The second-order valence-electron chi connectivity index (χ2n) is 9.99. The van der Waals surface area contributed by atoms with Crippen LogP contribution < -0.4 is 5.56 Å². The minimum absolute atomic E-state index is 0.214. The summed E-state index contributed by atoms with van der Waals surface area (Å²) in [6.07, 6.45) is 0. The van der Waals surface area contributed by atoms with E-state index in [9.17, 15) is 14.4 Å². The average molecular weight is 558 g/mol. The number of para-hydroxylation sites is 1.